The topological polar surface area (TPSA) is 65.9 Å². The summed E-state index contributed by atoms with van der Waals surface area (Å²) in [5, 5.41) is 12.5. The van der Waals surface area contributed by atoms with Crippen LogP contribution in [-0.2, 0) is 6.54 Å². The number of pyridine rings is 1. The standard InChI is InChI=1S/C33H28ClN3O3/c34-27-8-5-24(6-9-27)30-4-2-1-3-25(30)22-36-15-17-37(18-16-36)28-10-12-31(33(38)39)32(20-28)40-29-11-7-23-13-14-35-21-26(23)19-29/h1-14,19-21H,15-18,22H2,(H,38,39). The monoisotopic (exact) mass is 549 g/mol. The van der Waals surface area contributed by atoms with Gasteiger partial charge < -0.3 is 14.7 Å². The van der Waals surface area contributed by atoms with Crippen LogP contribution in [0.2, 0.25) is 5.02 Å². The molecule has 0 bridgehead atoms. The van der Waals surface area contributed by atoms with Crippen LogP contribution in [0, 0.1) is 0 Å². The molecule has 7 heteroatoms. The Bertz CT molecular complexity index is 1660. The molecule has 40 heavy (non-hydrogen) atoms. The highest BCUT2D eigenvalue weighted by molar-refractivity contribution is 6.30. The smallest absolute Gasteiger partial charge is 0.339 e. The number of carboxylic acids is 1. The maximum absolute atomic E-state index is 12.0. The number of aromatic carboxylic acids is 1. The molecule has 0 atom stereocenters. The largest absolute Gasteiger partial charge is 0.478 e. The van der Waals surface area contributed by atoms with Crippen LogP contribution in [-0.4, -0.2) is 47.1 Å². The van der Waals surface area contributed by atoms with Gasteiger partial charge in [0.2, 0.25) is 0 Å². The highest BCUT2D eigenvalue weighted by Gasteiger charge is 2.21. The zero-order chi connectivity index (χ0) is 27.5. The lowest BCUT2D eigenvalue weighted by Gasteiger charge is -2.36. The summed E-state index contributed by atoms with van der Waals surface area (Å²) in [5.74, 6) is -0.120. The number of aromatic nitrogens is 1. The number of carboxylic acid groups (broad SMARTS) is 1. The molecule has 1 fully saturated rings. The highest BCUT2D eigenvalue weighted by Crippen LogP contribution is 2.33. The molecule has 0 amide bonds. The minimum atomic E-state index is -1.02. The fraction of sp³-hybridized carbons (Fsp3) is 0.152. The molecule has 1 aromatic heterocycles. The normalized spacial score (nSPS) is 13.9. The zero-order valence-corrected chi connectivity index (χ0v) is 22.6. The SMILES string of the molecule is O=C(O)c1ccc(N2CCN(Cc3ccccc3-c3ccc(Cl)cc3)CC2)cc1Oc1ccc2ccncc2c1. The Labute approximate surface area is 238 Å². The first-order valence-electron chi connectivity index (χ1n) is 13.2. The van der Waals surface area contributed by atoms with Gasteiger partial charge in [-0.1, -0.05) is 54.1 Å². The van der Waals surface area contributed by atoms with E-state index in [4.69, 9.17) is 16.3 Å². The summed E-state index contributed by atoms with van der Waals surface area (Å²) in [6.45, 7) is 4.30. The molecule has 0 aliphatic carbocycles. The average molecular weight is 550 g/mol. The summed E-state index contributed by atoms with van der Waals surface area (Å²) in [6, 6.07) is 29.4. The molecule has 6 rings (SSSR count). The number of halogens is 1. The predicted octanol–water partition coefficient (Wildman–Crippen LogP) is 7.37. The van der Waals surface area contributed by atoms with E-state index in [1.54, 1.807) is 18.5 Å². The van der Waals surface area contributed by atoms with Gasteiger partial charge in [0.05, 0.1) is 0 Å². The number of piperazine rings is 1. The number of fused-ring (bicyclic) bond motifs is 1. The van der Waals surface area contributed by atoms with Crippen LogP contribution in [0.1, 0.15) is 15.9 Å². The van der Waals surface area contributed by atoms with Crippen LogP contribution in [0.15, 0.2) is 103 Å². The number of carbonyl (C=O) groups is 1. The van der Waals surface area contributed by atoms with Crippen LogP contribution in [0.5, 0.6) is 11.5 Å². The van der Waals surface area contributed by atoms with Gasteiger partial charge in [0.25, 0.3) is 0 Å². The molecule has 5 aromatic rings. The van der Waals surface area contributed by atoms with Gasteiger partial charge in [-0.2, -0.15) is 0 Å². The number of rotatable bonds is 7. The molecule has 200 valence electrons. The van der Waals surface area contributed by atoms with Crippen LogP contribution in [0.3, 0.4) is 0 Å². The van der Waals surface area contributed by atoms with E-state index in [2.05, 4.69) is 51.2 Å². The highest BCUT2D eigenvalue weighted by atomic mass is 35.5. The lowest BCUT2D eigenvalue weighted by molar-refractivity contribution is 0.0694. The van der Waals surface area contributed by atoms with E-state index in [1.807, 2.05) is 48.5 Å². The summed E-state index contributed by atoms with van der Waals surface area (Å²) in [4.78, 5) is 20.9. The van der Waals surface area contributed by atoms with Gasteiger partial charge in [0, 0.05) is 67.3 Å². The van der Waals surface area contributed by atoms with E-state index in [1.165, 1.54) is 11.1 Å². The molecule has 1 aliphatic heterocycles. The molecule has 1 N–H and O–H groups in total. The van der Waals surface area contributed by atoms with Gasteiger partial charge >= 0.3 is 5.97 Å². The van der Waals surface area contributed by atoms with E-state index in [9.17, 15) is 9.90 Å². The molecular weight excluding hydrogens is 522 g/mol. The maximum Gasteiger partial charge on any atom is 0.339 e. The summed E-state index contributed by atoms with van der Waals surface area (Å²) >= 11 is 6.10. The van der Waals surface area contributed by atoms with Gasteiger partial charge in [0.15, 0.2) is 0 Å². The Balaban J connectivity index is 1.16. The van der Waals surface area contributed by atoms with Crippen molar-refractivity contribution in [1.82, 2.24) is 9.88 Å². The van der Waals surface area contributed by atoms with E-state index in [-0.39, 0.29) is 5.56 Å². The summed E-state index contributed by atoms with van der Waals surface area (Å²) in [5.41, 5.74) is 4.74. The number of anilines is 1. The lowest BCUT2D eigenvalue weighted by Crippen LogP contribution is -2.46. The van der Waals surface area contributed by atoms with E-state index < -0.39 is 5.97 Å². The van der Waals surface area contributed by atoms with Gasteiger partial charge in [-0.25, -0.2) is 4.79 Å². The van der Waals surface area contributed by atoms with Gasteiger partial charge in [-0.3, -0.25) is 9.88 Å². The Hall–Kier alpha value is -4.39. The van der Waals surface area contributed by atoms with Crippen LogP contribution < -0.4 is 9.64 Å². The van der Waals surface area contributed by atoms with Crippen LogP contribution >= 0.6 is 11.6 Å². The average Bonchev–Trinajstić information content (AvgIpc) is 2.98. The van der Waals surface area contributed by atoms with Gasteiger partial charge in [-0.05, 0) is 64.5 Å². The van der Waals surface area contributed by atoms with Crippen molar-refractivity contribution >= 4 is 34.0 Å². The molecule has 1 saturated heterocycles. The first-order valence-corrected chi connectivity index (χ1v) is 13.6. The van der Waals surface area contributed by atoms with Crippen LogP contribution in [0.25, 0.3) is 21.9 Å². The van der Waals surface area contributed by atoms with Crippen molar-refractivity contribution in [3.63, 3.8) is 0 Å². The molecule has 0 spiro atoms. The van der Waals surface area contributed by atoms with Crippen molar-refractivity contribution in [1.29, 1.82) is 0 Å². The van der Waals surface area contributed by atoms with E-state index in [0.29, 0.717) is 11.5 Å². The Morgan fingerprint density at radius 1 is 0.875 bits per heavy atom. The first-order chi connectivity index (χ1) is 19.5. The second-order valence-corrected chi connectivity index (χ2v) is 10.3. The van der Waals surface area contributed by atoms with Crippen molar-refractivity contribution in [3.8, 4) is 22.6 Å². The van der Waals surface area contributed by atoms with Crippen molar-refractivity contribution in [2.24, 2.45) is 0 Å². The summed E-state index contributed by atoms with van der Waals surface area (Å²) in [7, 11) is 0. The van der Waals surface area contributed by atoms with Crippen molar-refractivity contribution < 1.29 is 14.6 Å². The number of benzene rings is 4. The number of hydrogen-bond donors (Lipinski definition) is 1. The first kappa shape index (κ1) is 25.9. The third-order valence-electron chi connectivity index (χ3n) is 7.34. The Morgan fingerprint density at radius 2 is 1.68 bits per heavy atom. The maximum atomic E-state index is 12.0. The predicted molar refractivity (Wildman–Crippen MR) is 160 cm³/mol. The fourth-order valence-corrected chi connectivity index (χ4v) is 5.32. The lowest BCUT2D eigenvalue weighted by atomic mass is 9.99. The molecule has 0 unspecified atom stereocenters. The van der Waals surface area contributed by atoms with Crippen LogP contribution in [0.4, 0.5) is 5.69 Å². The molecule has 2 heterocycles. The molecule has 0 radical (unpaired) electrons. The molecular formula is C33H28ClN3O3. The molecule has 0 saturated carbocycles. The number of nitrogens with zero attached hydrogens (tertiary/aromatic N) is 3. The van der Waals surface area contributed by atoms with E-state index >= 15 is 0 Å². The quantitative estimate of drug-likeness (QED) is 0.229. The Kier molecular flexibility index (Phi) is 7.36. The zero-order valence-electron chi connectivity index (χ0n) is 21.8. The third kappa shape index (κ3) is 5.64. The molecule has 4 aromatic carbocycles. The third-order valence-corrected chi connectivity index (χ3v) is 7.59. The minimum absolute atomic E-state index is 0.132. The Morgan fingerprint density at radius 3 is 2.48 bits per heavy atom. The minimum Gasteiger partial charge on any atom is -0.478 e. The molecule has 6 nitrogen and oxygen atoms in total. The fourth-order valence-electron chi connectivity index (χ4n) is 5.20. The van der Waals surface area contributed by atoms with Crippen molar-refractivity contribution in [2.75, 3.05) is 31.1 Å². The second kappa shape index (κ2) is 11.4. The van der Waals surface area contributed by atoms with Crippen molar-refractivity contribution in [2.45, 2.75) is 6.54 Å². The van der Waals surface area contributed by atoms with E-state index in [0.717, 1.165) is 59.8 Å². The summed E-state index contributed by atoms with van der Waals surface area (Å²) < 4.78 is 6.12. The summed E-state index contributed by atoms with van der Waals surface area (Å²) in [6.07, 6.45) is 3.51. The molecule has 1 aliphatic rings. The number of hydrogen-bond acceptors (Lipinski definition) is 5. The number of ether oxygens (including phenoxy) is 1. The van der Waals surface area contributed by atoms with Gasteiger partial charge in [0.1, 0.15) is 17.1 Å². The second-order valence-electron chi connectivity index (χ2n) is 9.90. The van der Waals surface area contributed by atoms with Gasteiger partial charge in [-0.15, -0.1) is 0 Å². The van der Waals surface area contributed by atoms with Crippen molar-refractivity contribution in [3.05, 3.63) is 120 Å².